The highest BCUT2D eigenvalue weighted by Crippen LogP contribution is 2.31. The van der Waals surface area contributed by atoms with Gasteiger partial charge in [0.25, 0.3) is 0 Å². The Hall–Kier alpha value is -0.390. The number of halogens is 1. The average molecular weight is 301 g/mol. The van der Waals surface area contributed by atoms with E-state index in [2.05, 4.69) is 11.2 Å². The lowest BCUT2D eigenvalue weighted by Crippen LogP contribution is -2.36. The third-order valence-corrected chi connectivity index (χ3v) is 5.58. The maximum absolute atomic E-state index is 13.8. The molecular weight excluding hydrogens is 281 g/mol. The second kappa shape index (κ2) is 7.41. The van der Waals surface area contributed by atoms with E-state index in [1.165, 1.54) is 18.9 Å². The van der Waals surface area contributed by atoms with Crippen LogP contribution in [0.2, 0.25) is 0 Å². The Balaban J connectivity index is 2.00. The molecule has 0 aromatic heterocycles. The second-order valence-electron chi connectivity index (χ2n) is 4.72. The van der Waals surface area contributed by atoms with Crippen LogP contribution in [-0.4, -0.2) is 36.6 Å². The molecule has 1 fully saturated rings. The smallest absolute Gasteiger partial charge is 0.127 e. The molecule has 0 radical (unpaired) electrons. The number of piperidine rings is 1. The molecule has 2 rings (SSSR count). The van der Waals surface area contributed by atoms with Gasteiger partial charge in [0, 0.05) is 23.9 Å². The molecule has 106 valence electrons. The van der Waals surface area contributed by atoms with Crippen LogP contribution in [0.3, 0.4) is 0 Å². The largest absolute Gasteiger partial charge is 0.497 e. The normalized spacial score (nSPS) is 20.5. The first-order valence-electron chi connectivity index (χ1n) is 6.47. The van der Waals surface area contributed by atoms with Gasteiger partial charge in [0.15, 0.2) is 0 Å². The first-order chi connectivity index (χ1) is 9.22. The van der Waals surface area contributed by atoms with Crippen molar-refractivity contribution in [3.8, 4) is 5.75 Å². The van der Waals surface area contributed by atoms with E-state index in [9.17, 15) is 4.39 Å². The maximum atomic E-state index is 13.8. The van der Waals surface area contributed by atoms with Crippen LogP contribution in [0.5, 0.6) is 5.75 Å². The molecule has 5 heteroatoms. The number of hydrogen-bond acceptors (Lipinski definition) is 4. The van der Waals surface area contributed by atoms with Crippen molar-refractivity contribution in [2.24, 2.45) is 0 Å². The van der Waals surface area contributed by atoms with Crippen molar-refractivity contribution >= 4 is 21.6 Å². The van der Waals surface area contributed by atoms with Crippen molar-refractivity contribution < 1.29 is 9.13 Å². The fourth-order valence-electron chi connectivity index (χ4n) is 2.41. The summed E-state index contributed by atoms with van der Waals surface area (Å²) in [6, 6.07) is 4.97. The van der Waals surface area contributed by atoms with Crippen molar-refractivity contribution in [1.82, 2.24) is 4.90 Å². The van der Waals surface area contributed by atoms with Gasteiger partial charge in [-0.3, -0.25) is 4.90 Å². The van der Waals surface area contributed by atoms with Crippen LogP contribution in [0.25, 0.3) is 0 Å². The lowest BCUT2D eigenvalue weighted by molar-refractivity contribution is 0.223. The molecule has 1 aromatic rings. The van der Waals surface area contributed by atoms with E-state index in [-0.39, 0.29) is 5.82 Å². The quantitative estimate of drug-likeness (QED) is 0.766. The number of methoxy groups -OCH3 is 1. The molecule has 1 unspecified atom stereocenters. The molecule has 0 spiro atoms. The molecule has 1 saturated heterocycles. The number of ether oxygens (including phenoxy) is 1. The first-order valence-corrected chi connectivity index (χ1v) is 9.09. The summed E-state index contributed by atoms with van der Waals surface area (Å²) < 4.78 is 19.0. The molecule has 1 aromatic carbocycles. The summed E-state index contributed by atoms with van der Waals surface area (Å²) in [6.45, 7) is 2.78. The van der Waals surface area contributed by atoms with Crippen molar-refractivity contribution in [3.63, 3.8) is 0 Å². The van der Waals surface area contributed by atoms with Crippen LogP contribution < -0.4 is 4.74 Å². The number of rotatable bonds is 5. The summed E-state index contributed by atoms with van der Waals surface area (Å²) in [4.78, 5) is 2.34. The van der Waals surface area contributed by atoms with Crippen LogP contribution in [-0.2, 0) is 6.54 Å². The Morgan fingerprint density at radius 1 is 1.47 bits per heavy atom. The lowest BCUT2D eigenvalue weighted by Gasteiger charge is -2.32. The van der Waals surface area contributed by atoms with Gasteiger partial charge in [-0.2, -0.15) is 0 Å². The van der Waals surface area contributed by atoms with E-state index in [1.807, 2.05) is 21.6 Å². The fraction of sp³-hybridized carbons (Fsp3) is 0.571. The van der Waals surface area contributed by atoms with Crippen molar-refractivity contribution in [2.75, 3.05) is 26.5 Å². The van der Waals surface area contributed by atoms with Crippen LogP contribution in [0.4, 0.5) is 4.39 Å². The first kappa shape index (κ1) is 15.0. The van der Waals surface area contributed by atoms with Crippen molar-refractivity contribution in [3.05, 3.63) is 29.6 Å². The SMILES string of the molecule is COc1ccc(F)c(CN2CCCC(SSC)C2)c1. The molecule has 0 bridgehead atoms. The Kier molecular flexibility index (Phi) is 5.85. The summed E-state index contributed by atoms with van der Waals surface area (Å²) in [5, 5.41) is 0.664. The molecule has 1 heterocycles. The van der Waals surface area contributed by atoms with E-state index >= 15 is 0 Å². The molecule has 0 N–H and O–H groups in total. The Morgan fingerprint density at radius 3 is 3.05 bits per heavy atom. The standard InChI is InChI=1S/C14H20FNOS2/c1-17-12-5-6-14(15)11(8-12)9-16-7-3-4-13(10-16)19-18-2/h5-6,8,13H,3-4,7,9-10H2,1-2H3. The van der Waals surface area contributed by atoms with E-state index in [0.717, 1.165) is 24.4 Å². The van der Waals surface area contributed by atoms with E-state index < -0.39 is 0 Å². The molecule has 0 aliphatic carbocycles. The lowest BCUT2D eigenvalue weighted by atomic mass is 10.1. The highest BCUT2D eigenvalue weighted by atomic mass is 33.1. The van der Waals surface area contributed by atoms with Crippen LogP contribution in [0.1, 0.15) is 18.4 Å². The van der Waals surface area contributed by atoms with Gasteiger partial charge in [0.1, 0.15) is 11.6 Å². The van der Waals surface area contributed by atoms with Crippen molar-refractivity contribution in [2.45, 2.75) is 24.6 Å². The third kappa shape index (κ3) is 4.29. The van der Waals surface area contributed by atoms with Gasteiger partial charge in [0.2, 0.25) is 0 Å². The molecule has 1 aliphatic heterocycles. The maximum Gasteiger partial charge on any atom is 0.127 e. The minimum atomic E-state index is -0.138. The molecule has 1 aliphatic rings. The summed E-state index contributed by atoms with van der Waals surface area (Å²) in [6.07, 6.45) is 4.58. The van der Waals surface area contributed by atoms with Gasteiger partial charge in [-0.05, 0) is 43.8 Å². The number of likely N-dealkylation sites (tertiary alicyclic amines) is 1. The topological polar surface area (TPSA) is 12.5 Å². The zero-order valence-electron chi connectivity index (χ0n) is 11.4. The molecule has 0 saturated carbocycles. The number of benzene rings is 1. The van der Waals surface area contributed by atoms with E-state index in [1.54, 1.807) is 19.2 Å². The molecule has 19 heavy (non-hydrogen) atoms. The zero-order chi connectivity index (χ0) is 13.7. The summed E-state index contributed by atoms with van der Waals surface area (Å²) >= 11 is 0. The Bertz CT molecular complexity index is 414. The predicted molar refractivity (Wildman–Crippen MR) is 82.4 cm³/mol. The van der Waals surface area contributed by atoms with Gasteiger partial charge >= 0.3 is 0 Å². The van der Waals surface area contributed by atoms with E-state index in [4.69, 9.17) is 4.74 Å². The second-order valence-corrected chi connectivity index (χ2v) is 7.49. The van der Waals surface area contributed by atoms with Gasteiger partial charge in [-0.15, -0.1) is 0 Å². The third-order valence-electron chi connectivity index (χ3n) is 3.34. The minimum Gasteiger partial charge on any atom is -0.497 e. The average Bonchev–Trinajstić information content (AvgIpc) is 2.42. The summed E-state index contributed by atoms with van der Waals surface area (Å²) in [5.41, 5.74) is 0.731. The van der Waals surface area contributed by atoms with Gasteiger partial charge in [-0.25, -0.2) is 4.39 Å². The van der Waals surface area contributed by atoms with Gasteiger partial charge < -0.3 is 4.74 Å². The van der Waals surface area contributed by atoms with E-state index in [0.29, 0.717) is 11.8 Å². The predicted octanol–water partition coefficient (Wildman–Crippen LogP) is 3.81. The highest BCUT2D eigenvalue weighted by molar-refractivity contribution is 8.76. The number of hydrogen-bond donors (Lipinski definition) is 0. The summed E-state index contributed by atoms with van der Waals surface area (Å²) in [7, 11) is 5.37. The molecular formula is C14H20FNOS2. The Morgan fingerprint density at radius 2 is 2.32 bits per heavy atom. The minimum absolute atomic E-state index is 0.138. The zero-order valence-corrected chi connectivity index (χ0v) is 13.0. The monoisotopic (exact) mass is 301 g/mol. The van der Waals surface area contributed by atoms with Gasteiger partial charge in [-0.1, -0.05) is 21.6 Å². The Labute approximate surface area is 122 Å². The van der Waals surface area contributed by atoms with Crippen molar-refractivity contribution in [1.29, 1.82) is 0 Å². The summed E-state index contributed by atoms with van der Waals surface area (Å²) in [5.74, 6) is 0.587. The fourth-order valence-corrected chi connectivity index (χ4v) is 4.51. The van der Waals surface area contributed by atoms with Crippen LogP contribution in [0, 0.1) is 5.82 Å². The highest BCUT2D eigenvalue weighted by Gasteiger charge is 2.21. The molecule has 2 nitrogen and oxygen atoms in total. The van der Waals surface area contributed by atoms with Gasteiger partial charge in [0.05, 0.1) is 7.11 Å². The molecule has 1 atom stereocenters. The van der Waals surface area contributed by atoms with Crippen LogP contribution in [0.15, 0.2) is 18.2 Å². The molecule has 0 amide bonds. The van der Waals surface area contributed by atoms with Crippen LogP contribution >= 0.6 is 21.6 Å². The number of nitrogens with zero attached hydrogens (tertiary/aromatic N) is 1.